The van der Waals surface area contributed by atoms with E-state index in [-0.39, 0.29) is 5.97 Å². The maximum absolute atomic E-state index is 10.8. The van der Waals surface area contributed by atoms with Crippen LogP contribution in [0.5, 0.6) is 0 Å². The molecular weight excluding hydrogens is 228 g/mol. The lowest BCUT2D eigenvalue weighted by atomic mass is 10.1. The van der Waals surface area contributed by atoms with Crippen LogP contribution in [0.3, 0.4) is 0 Å². The summed E-state index contributed by atoms with van der Waals surface area (Å²) in [6.07, 6.45) is 7.38. The lowest BCUT2D eigenvalue weighted by Gasteiger charge is -2.01. The van der Waals surface area contributed by atoms with Gasteiger partial charge in [-0.2, -0.15) is 0 Å². The first-order valence-corrected chi connectivity index (χ1v) is 5.98. The van der Waals surface area contributed by atoms with Gasteiger partial charge >= 0.3 is 5.97 Å². The van der Waals surface area contributed by atoms with Gasteiger partial charge in [0.15, 0.2) is 0 Å². The molecular formula is C12H21ClO3. The molecule has 94 valence electrons. The number of methoxy groups -OCH3 is 2. The Balaban J connectivity index is 3.30. The number of esters is 1. The van der Waals surface area contributed by atoms with Crippen LogP contribution in [0.4, 0.5) is 0 Å². The minimum atomic E-state index is -0.127. The van der Waals surface area contributed by atoms with Crippen molar-refractivity contribution in [1.82, 2.24) is 0 Å². The van der Waals surface area contributed by atoms with E-state index in [9.17, 15) is 4.79 Å². The molecule has 0 N–H and O–H groups in total. The van der Waals surface area contributed by atoms with Gasteiger partial charge in [0.2, 0.25) is 0 Å². The fraction of sp³-hybridized carbons (Fsp3) is 0.750. The Morgan fingerprint density at radius 1 is 1.12 bits per heavy atom. The highest BCUT2D eigenvalue weighted by molar-refractivity contribution is 6.29. The van der Waals surface area contributed by atoms with E-state index in [1.165, 1.54) is 7.11 Å². The van der Waals surface area contributed by atoms with E-state index < -0.39 is 0 Å². The summed E-state index contributed by atoms with van der Waals surface area (Å²) >= 11 is 5.95. The van der Waals surface area contributed by atoms with Crippen molar-refractivity contribution >= 4 is 17.6 Å². The third kappa shape index (κ3) is 9.99. The normalized spacial score (nSPS) is 11.6. The lowest BCUT2D eigenvalue weighted by molar-refractivity contribution is -0.140. The Bertz CT molecular complexity index is 214. The minimum absolute atomic E-state index is 0.127. The molecule has 0 aliphatic rings. The highest BCUT2D eigenvalue weighted by atomic mass is 35.5. The molecule has 0 aliphatic heterocycles. The van der Waals surface area contributed by atoms with E-state index in [1.807, 2.05) is 6.08 Å². The molecule has 0 aromatic carbocycles. The maximum Gasteiger partial charge on any atom is 0.305 e. The lowest BCUT2D eigenvalue weighted by Crippen LogP contribution is -1.99. The summed E-state index contributed by atoms with van der Waals surface area (Å²) in [5, 5.41) is 0.856. The van der Waals surface area contributed by atoms with Crippen molar-refractivity contribution in [1.29, 1.82) is 0 Å². The van der Waals surface area contributed by atoms with Gasteiger partial charge in [-0.3, -0.25) is 4.79 Å². The first-order valence-electron chi connectivity index (χ1n) is 5.61. The van der Waals surface area contributed by atoms with E-state index in [2.05, 4.69) is 4.74 Å². The van der Waals surface area contributed by atoms with Crippen LogP contribution >= 0.6 is 11.6 Å². The van der Waals surface area contributed by atoms with Crippen molar-refractivity contribution in [3.63, 3.8) is 0 Å². The van der Waals surface area contributed by atoms with Crippen LogP contribution in [0, 0.1) is 0 Å². The molecule has 0 rings (SSSR count). The Hall–Kier alpha value is -0.540. The molecule has 4 heteroatoms. The number of hydrogen-bond acceptors (Lipinski definition) is 3. The molecule has 0 amide bonds. The predicted molar refractivity (Wildman–Crippen MR) is 65.5 cm³/mol. The van der Waals surface area contributed by atoms with Crippen LogP contribution in [0.1, 0.15) is 38.5 Å². The molecule has 0 saturated carbocycles. The smallest absolute Gasteiger partial charge is 0.305 e. The van der Waals surface area contributed by atoms with Crippen molar-refractivity contribution in [2.45, 2.75) is 38.5 Å². The van der Waals surface area contributed by atoms with Gasteiger partial charge in [-0.25, -0.2) is 0 Å². The first kappa shape index (κ1) is 15.5. The van der Waals surface area contributed by atoms with Crippen LogP contribution in [-0.2, 0) is 14.3 Å². The first-order chi connectivity index (χ1) is 7.70. The number of carbonyl (C=O) groups excluding carboxylic acids is 1. The van der Waals surface area contributed by atoms with Gasteiger partial charge in [0.25, 0.3) is 0 Å². The molecule has 0 fully saturated rings. The maximum atomic E-state index is 10.8. The van der Waals surface area contributed by atoms with Crippen LogP contribution < -0.4 is 0 Å². The molecule has 3 nitrogen and oxygen atoms in total. The Morgan fingerprint density at radius 2 is 1.75 bits per heavy atom. The standard InChI is InChI=1S/C12H21ClO3/c1-15-10-9-11(13)7-5-3-4-6-8-12(14)16-2/h9H,3-8,10H2,1-2H3/b11-9-. The summed E-state index contributed by atoms with van der Waals surface area (Å²) in [4.78, 5) is 10.8. The number of hydrogen-bond donors (Lipinski definition) is 0. The second-order valence-electron chi connectivity index (χ2n) is 3.60. The highest BCUT2D eigenvalue weighted by Crippen LogP contribution is 2.14. The van der Waals surface area contributed by atoms with Crippen molar-refractivity contribution in [3.05, 3.63) is 11.1 Å². The molecule has 16 heavy (non-hydrogen) atoms. The predicted octanol–water partition coefficient (Wildman–Crippen LogP) is 3.27. The molecule has 0 aromatic rings. The SMILES string of the molecule is COC/C=C(\Cl)CCCCCCC(=O)OC. The number of allylic oxidation sites excluding steroid dienone is 1. The molecule has 0 saturated heterocycles. The van der Waals surface area contributed by atoms with Gasteiger partial charge in [0, 0.05) is 18.6 Å². The van der Waals surface area contributed by atoms with E-state index in [0.29, 0.717) is 13.0 Å². The third-order valence-electron chi connectivity index (χ3n) is 2.25. The second kappa shape index (κ2) is 11.0. The summed E-state index contributed by atoms with van der Waals surface area (Å²) in [6.45, 7) is 0.571. The minimum Gasteiger partial charge on any atom is -0.469 e. The number of rotatable bonds is 9. The Labute approximate surface area is 103 Å². The zero-order chi connectivity index (χ0) is 12.2. The molecule has 0 aliphatic carbocycles. The van der Waals surface area contributed by atoms with Crippen LogP contribution in [0.15, 0.2) is 11.1 Å². The topological polar surface area (TPSA) is 35.5 Å². The van der Waals surface area contributed by atoms with E-state index in [4.69, 9.17) is 16.3 Å². The Morgan fingerprint density at radius 3 is 2.31 bits per heavy atom. The quantitative estimate of drug-likeness (QED) is 0.464. The zero-order valence-corrected chi connectivity index (χ0v) is 10.9. The molecule has 0 unspecified atom stereocenters. The Kier molecular flexibility index (Phi) is 10.6. The zero-order valence-electron chi connectivity index (χ0n) is 10.1. The summed E-state index contributed by atoms with van der Waals surface area (Å²) in [7, 11) is 3.07. The molecule has 0 aromatic heterocycles. The average Bonchev–Trinajstić information content (AvgIpc) is 2.30. The summed E-state index contributed by atoms with van der Waals surface area (Å²) < 4.78 is 9.44. The molecule has 0 spiro atoms. The van der Waals surface area contributed by atoms with Gasteiger partial charge in [-0.05, 0) is 25.3 Å². The number of ether oxygens (including phenoxy) is 2. The summed E-state index contributed by atoms with van der Waals surface area (Å²) in [5.41, 5.74) is 0. The van der Waals surface area contributed by atoms with Gasteiger partial charge in [0.05, 0.1) is 13.7 Å². The molecule has 0 atom stereocenters. The van der Waals surface area contributed by atoms with Crippen molar-refractivity contribution in [3.8, 4) is 0 Å². The summed E-state index contributed by atoms with van der Waals surface area (Å²) in [6, 6.07) is 0. The molecule has 0 bridgehead atoms. The van der Waals surface area contributed by atoms with Crippen molar-refractivity contribution in [2.75, 3.05) is 20.8 Å². The van der Waals surface area contributed by atoms with E-state index in [0.717, 1.165) is 37.1 Å². The largest absolute Gasteiger partial charge is 0.469 e. The third-order valence-corrected chi connectivity index (χ3v) is 2.59. The van der Waals surface area contributed by atoms with E-state index in [1.54, 1.807) is 7.11 Å². The van der Waals surface area contributed by atoms with Crippen LogP contribution in [0.25, 0.3) is 0 Å². The fourth-order valence-electron chi connectivity index (χ4n) is 1.29. The van der Waals surface area contributed by atoms with Gasteiger partial charge in [-0.1, -0.05) is 24.4 Å². The number of halogens is 1. The summed E-state index contributed by atoms with van der Waals surface area (Å²) in [5.74, 6) is -0.127. The fourth-order valence-corrected chi connectivity index (χ4v) is 1.49. The van der Waals surface area contributed by atoms with Crippen molar-refractivity contribution < 1.29 is 14.3 Å². The van der Waals surface area contributed by atoms with Gasteiger partial charge in [0.1, 0.15) is 0 Å². The average molecular weight is 249 g/mol. The second-order valence-corrected chi connectivity index (χ2v) is 4.08. The van der Waals surface area contributed by atoms with Gasteiger partial charge < -0.3 is 9.47 Å². The highest BCUT2D eigenvalue weighted by Gasteiger charge is 1.99. The monoisotopic (exact) mass is 248 g/mol. The molecule has 0 heterocycles. The van der Waals surface area contributed by atoms with Crippen LogP contribution in [-0.4, -0.2) is 26.8 Å². The van der Waals surface area contributed by atoms with E-state index >= 15 is 0 Å². The number of carbonyl (C=O) groups is 1. The van der Waals surface area contributed by atoms with Crippen LogP contribution in [0.2, 0.25) is 0 Å². The number of unbranched alkanes of at least 4 members (excludes halogenated alkanes) is 3. The van der Waals surface area contributed by atoms with Crippen molar-refractivity contribution in [2.24, 2.45) is 0 Å². The molecule has 0 radical (unpaired) electrons. The van der Waals surface area contributed by atoms with Gasteiger partial charge in [-0.15, -0.1) is 0 Å².